The van der Waals surface area contributed by atoms with Crippen LogP contribution in [0.2, 0.25) is 0 Å². The van der Waals surface area contributed by atoms with Gasteiger partial charge in [-0.3, -0.25) is 14.4 Å². The van der Waals surface area contributed by atoms with E-state index in [2.05, 4.69) is 43.1 Å². The molecule has 1 aliphatic heterocycles. The summed E-state index contributed by atoms with van der Waals surface area (Å²) in [6.45, 7) is 13.2. The van der Waals surface area contributed by atoms with E-state index in [0.29, 0.717) is 6.42 Å². The van der Waals surface area contributed by atoms with Crippen molar-refractivity contribution in [2.75, 3.05) is 26.2 Å². The number of thiazole rings is 1. The summed E-state index contributed by atoms with van der Waals surface area (Å²) in [5.74, 6) is 0.258. The Kier molecular flexibility index (Phi) is 6.55. The van der Waals surface area contributed by atoms with Gasteiger partial charge in [0.05, 0.1) is 16.9 Å². The second-order valence-corrected chi connectivity index (χ2v) is 9.64. The average Bonchev–Trinajstić information content (AvgIpc) is 3.14. The molecule has 0 unspecified atom stereocenters. The fourth-order valence-corrected chi connectivity index (χ4v) is 4.42. The largest absolute Gasteiger partial charge is 0.341 e. The third kappa shape index (κ3) is 5.20. The molecule has 28 heavy (non-hydrogen) atoms. The number of carbonyl (C=O) groups excluding carboxylic acids is 1. The number of aromatic nitrogens is 3. The minimum absolute atomic E-state index is 0.109. The Morgan fingerprint density at radius 2 is 2.00 bits per heavy atom. The fourth-order valence-electron chi connectivity index (χ4n) is 3.52. The number of hydrogen-bond donors (Lipinski definition) is 0. The molecule has 0 aliphatic carbocycles. The van der Waals surface area contributed by atoms with Crippen molar-refractivity contribution in [1.29, 1.82) is 0 Å². The summed E-state index contributed by atoms with van der Waals surface area (Å²) < 4.78 is 1.87. The van der Waals surface area contributed by atoms with Gasteiger partial charge in [0.1, 0.15) is 0 Å². The Morgan fingerprint density at radius 1 is 1.21 bits per heavy atom. The van der Waals surface area contributed by atoms with Gasteiger partial charge in [0.25, 0.3) is 0 Å². The van der Waals surface area contributed by atoms with Crippen LogP contribution < -0.4 is 0 Å². The van der Waals surface area contributed by atoms with Crippen LogP contribution in [0.25, 0.3) is 0 Å². The van der Waals surface area contributed by atoms with Gasteiger partial charge in [-0.1, -0.05) is 20.8 Å². The van der Waals surface area contributed by atoms with Crippen LogP contribution in [0, 0.1) is 6.92 Å². The van der Waals surface area contributed by atoms with Crippen molar-refractivity contribution in [3.63, 3.8) is 0 Å². The number of aryl methyl sites for hydroxylation is 2. The number of nitrogens with zero attached hydrogens (tertiary/aromatic N) is 5. The molecule has 0 spiro atoms. The fraction of sp³-hybridized carbons (Fsp3) is 0.667. The zero-order valence-electron chi connectivity index (χ0n) is 17.9. The van der Waals surface area contributed by atoms with Gasteiger partial charge in [-0.05, 0) is 25.3 Å². The van der Waals surface area contributed by atoms with Crippen molar-refractivity contribution in [1.82, 2.24) is 24.6 Å². The Bertz CT molecular complexity index is 804. The molecule has 0 atom stereocenters. The molecule has 0 aromatic carbocycles. The van der Waals surface area contributed by atoms with Gasteiger partial charge in [-0.15, -0.1) is 11.3 Å². The smallest absolute Gasteiger partial charge is 0.222 e. The second kappa shape index (κ2) is 8.74. The zero-order chi connectivity index (χ0) is 20.3. The highest BCUT2D eigenvalue weighted by molar-refractivity contribution is 7.09. The molecular weight excluding hydrogens is 370 g/mol. The summed E-state index contributed by atoms with van der Waals surface area (Å²) in [6, 6.07) is 0. The normalized spacial score (nSPS) is 16.4. The lowest BCUT2D eigenvalue weighted by atomic mass is 9.98. The summed E-state index contributed by atoms with van der Waals surface area (Å²) in [5, 5.41) is 7.65. The topological polar surface area (TPSA) is 54.3 Å². The van der Waals surface area contributed by atoms with E-state index >= 15 is 0 Å². The Morgan fingerprint density at radius 3 is 2.64 bits per heavy atom. The van der Waals surface area contributed by atoms with E-state index in [-0.39, 0.29) is 11.3 Å². The standard InChI is InChI=1S/C21H33N5OS/c1-16-17(13-22-24(16)5)7-8-19(27)26-10-6-9-25(11-12-26)14-18-15-28-20(23-18)21(2,3)4/h13,15H,6-12,14H2,1-5H3. The van der Waals surface area contributed by atoms with Crippen LogP contribution in [0.5, 0.6) is 0 Å². The molecule has 154 valence electrons. The quantitative estimate of drug-likeness (QED) is 0.770. The van der Waals surface area contributed by atoms with Gasteiger partial charge in [0.2, 0.25) is 5.91 Å². The molecular formula is C21H33N5OS. The molecule has 0 saturated carbocycles. The van der Waals surface area contributed by atoms with Crippen molar-refractivity contribution in [2.45, 2.75) is 58.9 Å². The maximum Gasteiger partial charge on any atom is 0.222 e. The van der Waals surface area contributed by atoms with E-state index in [0.717, 1.165) is 57.0 Å². The Hall–Kier alpha value is -1.73. The molecule has 1 amide bonds. The number of amides is 1. The SMILES string of the molecule is Cc1c(CCC(=O)N2CCCN(Cc3csc(C(C)(C)C)n3)CC2)cnn1C. The summed E-state index contributed by atoms with van der Waals surface area (Å²) in [4.78, 5) is 22.0. The second-order valence-electron chi connectivity index (χ2n) is 8.78. The van der Waals surface area contributed by atoms with Crippen LogP contribution in [0.3, 0.4) is 0 Å². The predicted molar refractivity (Wildman–Crippen MR) is 114 cm³/mol. The molecule has 3 heterocycles. The van der Waals surface area contributed by atoms with Crippen LogP contribution in [0.1, 0.15) is 55.6 Å². The first-order valence-corrected chi connectivity index (χ1v) is 11.0. The van der Waals surface area contributed by atoms with Crippen molar-refractivity contribution in [3.8, 4) is 0 Å². The summed E-state index contributed by atoms with van der Waals surface area (Å²) in [6.07, 6.45) is 4.24. The molecule has 1 aliphatic rings. The lowest BCUT2D eigenvalue weighted by Crippen LogP contribution is -2.35. The van der Waals surface area contributed by atoms with Gasteiger partial charge in [-0.2, -0.15) is 5.10 Å². The van der Waals surface area contributed by atoms with Gasteiger partial charge in [0.15, 0.2) is 0 Å². The maximum atomic E-state index is 12.7. The first-order chi connectivity index (χ1) is 13.2. The van der Waals surface area contributed by atoms with E-state index in [1.807, 2.05) is 22.8 Å². The lowest BCUT2D eigenvalue weighted by Gasteiger charge is -2.21. The Labute approximate surface area is 172 Å². The van der Waals surface area contributed by atoms with Crippen LogP contribution in [0.15, 0.2) is 11.6 Å². The molecule has 3 rings (SSSR count). The molecule has 0 N–H and O–H groups in total. The van der Waals surface area contributed by atoms with E-state index in [9.17, 15) is 4.79 Å². The molecule has 7 heteroatoms. The minimum atomic E-state index is 0.109. The van der Waals surface area contributed by atoms with E-state index in [4.69, 9.17) is 4.98 Å². The third-order valence-electron chi connectivity index (χ3n) is 5.47. The van der Waals surface area contributed by atoms with Gasteiger partial charge < -0.3 is 4.90 Å². The monoisotopic (exact) mass is 403 g/mol. The first kappa shape index (κ1) is 21.0. The minimum Gasteiger partial charge on any atom is -0.341 e. The van der Waals surface area contributed by atoms with Crippen molar-refractivity contribution >= 4 is 17.2 Å². The summed E-state index contributed by atoms with van der Waals surface area (Å²) >= 11 is 1.75. The van der Waals surface area contributed by atoms with Crippen LogP contribution in [0.4, 0.5) is 0 Å². The van der Waals surface area contributed by atoms with Crippen LogP contribution >= 0.6 is 11.3 Å². The number of hydrogen-bond acceptors (Lipinski definition) is 5. The Balaban J connectivity index is 1.49. The van der Waals surface area contributed by atoms with Gasteiger partial charge >= 0.3 is 0 Å². The molecule has 2 aromatic rings. The molecule has 1 saturated heterocycles. The summed E-state index contributed by atoms with van der Waals surface area (Å²) in [5.41, 5.74) is 3.58. The zero-order valence-corrected chi connectivity index (χ0v) is 18.7. The van der Waals surface area contributed by atoms with Gasteiger partial charge in [-0.25, -0.2) is 4.98 Å². The van der Waals surface area contributed by atoms with Gasteiger partial charge in [0, 0.05) is 62.7 Å². The highest BCUT2D eigenvalue weighted by Gasteiger charge is 2.22. The van der Waals surface area contributed by atoms with Crippen molar-refractivity contribution in [3.05, 3.63) is 33.5 Å². The molecule has 0 bridgehead atoms. The molecule has 1 fully saturated rings. The summed E-state index contributed by atoms with van der Waals surface area (Å²) in [7, 11) is 1.94. The van der Waals surface area contributed by atoms with E-state index in [1.54, 1.807) is 11.3 Å². The number of carbonyl (C=O) groups is 1. The third-order valence-corrected chi connectivity index (χ3v) is 6.78. The lowest BCUT2D eigenvalue weighted by molar-refractivity contribution is -0.131. The highest BCUT2D eigenvalue weighted by Crippen LogP contribution is 2.26. The van der Waals surface area contributed by atoms with Crippen LogP contribution in [-0.2, 0) is 30.2 Å². The molecule has 0 radical (unpaired) electrons. The van der Waals surface area contributed by atoms with E-state index < -0.39 is 0 Å². The average molecular weight is 404 g/mol. The number of rotatable bonds is 5. The van der Waals surface area contributed by atoms with Crippen molar-refractivity contribution < 1.29 is 4.79 Å². The first-order valence-electron chi connectivity index (χ1n) is 10.2. The van der Waals surface area contributed by atoms with Crippen LogP contribution in [-0.4, -0.2) is 56.7 Å². The van der Waals surface area contributed by atoms with E-state index in [1.165, 1.54) is 10.6 Å². The predicted octanol–water partition coefficient (Wildman–Crippen LogP) is 3.15. The highest BCUT2D eigenvalue weighted by atomic mass is 32.1. The van der Waals surface area contributed by atoms with Crippen molar-refractivity contribution in [2.24, 2.45) is 7.05 Å². The molecule has 6 nitrogen and oxygen atoms in total. The molecule has 2 aromatic heterocycles. The maximum absolute atomic E-state index is 12.7.